The van der Waals surface area contributed by atoms with Crippen molar-refractivity contribution < 1.29 is 19.1 Å². The minimum absolute atomic E-state index is 0.0487. The van der Waals surface area contributed by atoms with Gasteiger partial charge in [-0.15, -0.1) is 0 Å². The summed E-state index contributed by atoms with van der Waals surface area (Å²) < 4.78 is 12.8. The average molecular weight is 415 g/mol. The number of nitrogens with one attached hydrogen (secondary N) is 2. The third-order valence-electron chi connectivity index (χ3n) is 4.90. The first-order valence-corrected chi connectivity index (χ1v) is 10.6. The third kappa shape index (κ3) is 6.79. The lowest BCUT2D eigenvalue weighted by Crippen LogP contribution is -2.35. The second-order valence-electron chi connectivity index (χ2n) is 7.36. The zero-order valence-electron chi connectivity index (χ0n) is 17.4. The van der Waals surface area contributed by atoms with Crippen LogP contribution in [0.2, 0.25) is 0 Å². The van der Waals surface area contributed by atoms with Gasteiger partial charge >= 0.3 is 0 Å². The predicted octanol–water partition coefficient (Wildman–Crippen LogP) is 3.14. The summed E-state index contributed by atoms with van der Waals surface area (Å²) in [6.45, 7) is 3.06. The number of amides is 2. The van der Waals surface area contributed by atoms with Gasteiger partial charge in [0.25, 0.3) is 0 Å². The molecule has 1 heterocycles. The van der Waals surface area contributed by atoms with Crippen LogP contribution in [0.5, 0.6) is 11.5 Å². The molecule has 1 aromatic carbocycles. The Morgan fingerprint density at radius 3 is 2.60 bits per heavy atom. The van der Waals surface area contributed by atoms with E-state index in [0.29, 0.717) is 43.2 Å². The lowest BCUT2D eigenvalue weighted by atomic mass is 10.2. The number of hydrogen-bond acceptors (Lipinski definition) is 5. The highest BCUT2D eigenvalue weighted by Gasteiger charge is 2.17. The maximum absolute atomic E-state index is 12.1. The van der Waals surface area contributed by atoms with Gasteiger partial charge in [0, 0.05) is 18.7 Å². The molecule has 8 nitrogen and oxygen atoms in total. The quantitative estimate of drug-likeness (QED) is 0.551. The number of hydrogen-bond donors (Lipinski definition) is 2. The van der Waals surface area contributed by atoms with Crippen molar-refractivity contribution in [3.05, 3.63) is 36.7 Å². The van der Waals surface area contributed by atoms with E-state index in [1.54, 1.807) is 12.4 Å². The largest absolute Gasteiger partial charge is 0.490 e. The molecule has 1 aromatic heterocycles. The van der Waals surface area contributed by atoms with Crippen molar-refractivity contribution in [3.63, 3.8) is 0 Å². The number of carbonyl (C=O) groups excluding carboxylic acids is 2. The van der Waals surface area contributed by atoms with Gasteiger partial charge in [-0.2, -0.15) is 5.10 Å². The molecule has 2 N–H and O–H groups in total. The molecule has 0 saturated heterocycles. The third-order valence-corrected chi connectivity index (χ3v) is 4.90. The van der Waals surface area contributed by atoms with Gasteiger partial charge < -0.3 is 20.1 Å². The van der Waals surface area contributed by atoms with E-state index in [4.69, 9.17) is 9.47 Å². The molecular weight excluding hydrogens is 384 g/mol. The molecule has 3 rings (SSSR count). The van der Waals surface area contributed by atoms with Crippen molar-refractivity contribution >= 4 is 17.5 Å². The Bertz CT molecular complexity index is 830. The topological polar surface area (TPSA) is 94.5 Å². The normalized spacial score (nSPS) is 13.8. The highest BCUT2D eigenvalue weighted by molar-refractivity contribution is 5.90. The fourth-order valence-corrected chi connectivity index (χ4v) is 3.49. The first kappa shape index (κ1) is 21.7. The summed E-state index contributed by atoms with van der Waals surface area (Å²) in [5.41, 5.74) is 0.580. The number of aromatic nitrogens is 2. The van der Waals surface area contributed by atoms with E-state index in [-0.39, 0.29) is 24.4 Å². The molecule has 1 fully saturated rings. The van der Waals surface area contributed by atoms with Crippen LogP contribution in [0, 0.1) is 0 Å². The Balaban J connectivity index is 1.35. The van der Waals surface area contributed by atoms with Gasteiger partial charge in [-0.25, -0.2) is 0 Å². The van der Waals surface area contributed by atoms with E-state index in [1.807, 2.05) is 31.2 Å². The second-order valence-corrected chi connectivity index (χ2v) is 7.36. The van der Waals surface area contributed by atoms with Gasteiger partial charge in [-0.3, -0.25) is 14.3 Å². The molecule has 0 atom stereocenters. The Morgan fingerprint density at radius 1 is 1.13 bits per heavy atom. The molecule has 0 aliphatic heterocycles. The Hall–Kier alpha value is -3.03. The van der Waals surface area contributed by atoms with Gasteiger partial charge in [0.1, 0.15) is 6.54 Å². The molecule has 0 unspecified atom stereocenters. The molecule has 1 aliphatic carbocycles. The Labute approximate surface area is 176 Å². The monoisotopic (exact) mass is 414 g/mol. The summed E-state index contributed by atoms with van der Waals surface area (Å²) in [5, 5.41) is 9.98. The molecular formula is C22H30N4O4. The second kappa shape index (κ2) is 11.2. The van der Waals surface area contributed by atoms with E-state index < -0.39 is 0 Å². The molecule has 162 valence electrons. The van der Waals surface area contributed by atoms with Crippen LogP contribution in [0.3, 0.4) is 0 Å². The van der Waals surface area contributed by atoms with Crippen LogP contribution in [0.25, 0.3) is 0 Å². The fraction of sp³-hybridized carbons (Fsp3) is 0.500. The van der Waals surface area contributed by atoms with Crippen molar-refractivity contribution in [2.75, 3.05) is 18.5 Å². The highest BCUT2D eigenvalue weighted by atomic mass is 16.5. The number of para-hydroxylation sites is 2. The maximum Gasteiger partial charge on any atom is 0.241 e. The smallest absolute Gasteiger partial charge is 0.241 e. The Morgan fingerprint density at radius 2 is 1.87 bits per heavy atom. The predicted molar refractivity (Wildman–Crippen MR) is 114 cm³/mol. The zero-order chi connectivity index (χ0) is 21.2. The Kier molecular flexibility index (Phi) is 8.11. The molecule has 1 saturated carbocycles. The van der Waals surface area contributed by atoms with Crippen LogP contribution in [0.1, 0.15) is 45.4 Å². The van der Waals surface area contributed by atoms with Gasteiger partial charge in [0.05, 0.1) is 25.1 Å². The standard InChI is InChI=1S/C22H30N4O4/c1-2-29-19-10-5-6-11-20(19)30-13-7-12-21(27)25-18-14-23-26(15-18)16-22(28)24-17-8-3-4-9-17/h5-6,10-11,14-15,17H,2-4,7-9,12-13,16H2,1H3,(H,24,28)(H,25,27). The number of carbonyl (C=O) groups is 2. The molecule has 0 radical (unpaired) electrons. The van der Waals surface area contributed by atoms with Gasteiger partial charge in [-0.1, -0.05) is 25.0 Å². The first-order valence-electron chi connectivity index (χ1n) is 10.6. The highest BCUT2D eigenvalue weighted by Crippen LogP contribution is 2.26. The molecule has 8 heteroatoms. The fourth-order valence-electron chi connectivity index (χ4n) is 3.49. The number of nitrogens with zero attached hydrogens (tertiary/aromatic N) is 2. The van der Waals surface area contributed by atoms with Crippen LogP contribution >= 0.6 is 0 Å². The first-order chi connectivity index (χ1) is 14.6. The van der Waals surface area contributed by atoms with Crippen LogP contribution in [-0.2, 0) is 16.1 Å². The van der Waals surface area contributed by atoms with Crippen molar-refractivity contribution in [2.45, 2.75) is 58.0 Å². The molecule has 0 bridgehead atoms. The van der Waals surface area contributed by atoms with Gasteiger partial charge in [-0.05, 0) is 38.3 Å². The van der Waals surface area contributed by atoms with Crippen molar-refractivity contribution in [1.82, 2.24) is 15.1 Å². The summed E-state index contributed by atoms with van der Waals surface area (Å²) in [5.74, 6) is 1.21. The lowest BCUT2D eigenvalue weighted by Gasteiger charge is -2.11. The SMILES string of the molecule is CCOc1ccccc1OCCCC(=O)Nc1cnn(CC(=O)NC2CCCC2)c1. The van der Waals surface area contributed by atoms with Crippen molar-refractivity contribution in [3.8, 4) is 11.5 Å². The van der Waals surface area contributed by atoms with Crippen molar-refractivity contribution in [2.24, 2.45) is 0 Å². The van der Waals surface area contributed by atoms with E-state index in [1.165, 1.54) is 17.5 Å². The number of anilines is 1. The van der Waals surface area contributed by atoms with E-state index in [2.05, 4.69) is 15.7 Å². The van der Waals surface area contributed by atoms with Gasteiger partial charge in [0.2, 0.25) is 11.8 Å². The summed E-state index contributed by atoms with van der Waals surface area (Å²) in [4.78, 5) is 24.2. The van der Waals surface area contributed by atoms with Crippen LogP contribution in [0.4, 0.5) is 5.69 Å². The lowest BCUT2D eigenvalue weighted by molar-refractivity contribution is -0.122. The number of benzene rings is 1. The zero-order valence-corrected chi connectivity index (χ0v) is 17.4. The van der Waals surface area contributed by atoms with E-state index in [0.717, 1.165) is 12.8 Å². The minimum atomic E-state index is -0.119. The summed E-state index contributed by atoms with van der Waals surface area (Å²) in [6.07, 6.45) is 8.56. The van der Waals surface area contributed by atoms with Crippen molar-refractivity contribution in [1.29, 1.82) is 0 Å². The van der Waals surface area contributed by atoms with Gasteiger partial charge in [0.15, 0.2) is 11.5 Å². The summed E-state index contributed by atoms with van der Waals surface area (Å²) in [7, 11) is 0. The summed E-state index contributed by atoms with van der Waals surface area (Å²) >= 11 is 0. The number of rotatable bonds is 11. The maximum atomic E-state index is 12.1. The minimum Gasteiger partial charge on any atom is -0.490 e. The molecule has 1 aliphatic rings. The molecule has 2 amide bonds. The molecule has 30 heavy (non-hydrogen) atoms. The van der Waals surface area contributed by atoms with Crippen LogP contribution in [-0.4, -0.2) is 40.9 Å². The number of ether oxygens (including phenoxy) is 2. The molecule has 0 spiro atoms. The molecule has 2 aromatic rings. The average Bonchev–Trinajstić information content (AvgIpc) is 3.39. The van der Waals surface area contributed by atoms with E-state index in [9.17, 15) is 9.59 Å². The van der Waals surface area contributed by atoms with Crippen LogP contribution in [0.15, 0.2) is 36.7 Å². The summed E-state index contributed by atoms with van der Waals surface area (Å²) in [6, 6.07) is 7.77. The van der Waals surface area contributed by atoms with E-state index >= 15 is 0 Å². The van der Waals surface area contributed by atoms with Crippen LogP contribution < -0.4 is 20.1 Å².